The number of hydrogen-bond acceptors (Lipinski definition) is 18. The Hall–Kier alpha value is -1.98. The minimum absolute atomic E-state index is 0.0350. The van der Waals surface area contributed by atoms with Crippen molar-refractivity contribution >= 4 is 11.8 Å². The van der Waals surface area contributed by atoms with Crippen LogP contribution in [0.1, 0.15) is 127 Å². The van der Waals surface area contributed by atoms with Crippen molar-refractivity contribution in [1.82, 2.24) is 0 Å². The number of hydrogen-bond donors (Lipinski definition) is 3. The summed E-state index contributed by atoms with van der Waals surface area (Å²) >= 11 is 0. The SMILES string of the molecule is C/C=C(\C)C(=O)O[C@@H]1CC2C(CC=C3C[C@@H](O[C@H]4C[C@H](OC)C(O[C@H]5C[C@H](OC)C(O[C@@H]6O[C@H](C)C(O[C@H]7C[C@@H](OC)[C@H](O)[C@@H](C)O7)[C@@H](OC)[C@H]6O)[C@@H](C)O5)[C@@H](C)O4)CC[C@@]32C)[C@@]2(O)CC[C@H](C(C)=O)[C@@]12C. The molecule has 0 bridgehead atoms. The summed E-state index contributed by atoms with van der Waals surface area (Å²) in [5.41, 5.74) is -0.484. The predicted molar refractivity (Wildman–Crippen MR) is 258 cm³/mol. The molecular weight excluding hydrogens is 937 g/mol. The number of ether oxygens (including phenoxy) is 13. The quantitative estimate of drug-likeness (QED) is 0.109. The van der Waals surface area contributed by atoms with Gasteiger partial charge in [-0.15, -0.1) is 0 Å². The Balaban J connectivity index is 0.864. The number of allylic oxidation sites excluding steroid dienone is 2. The van der Waals surface area contributed by atoms with Gasteiger partial charge < -0.3 is 76.9 Å². The van der Waals surface area contributed by atoms with E-state index in [4.69, 9.17) is 61.6 Å². The second kappa shape index (κ2) is 22.5. The molecule has 4 heterocycles. The lowest BCUT2D eigenvalue weighted by atomic mass is 9.45. The monoisotopic (exact) mass is 1020 g/mol. The van der Waals surface area contributed by atoms with Crippen LogP contribution in [-0.4, -0.2) is 178 Å². The lowest BCUT2D eigenvalue weighted by molar-refractivity contribution is -0.365. The van der Waals surface area contributed by atoms with Gasteiger partial charge >= 0.3 is 5.97 Å². The largest absolute Gasteiger partial charge is 0.458 e. The normalized spacial score (nSPS) is 49.8. The highest BCUT2D eigenvalue weighted by atomic mass is 16.8. The van der Waals surface area contributed by atoms with E-state index in [0.717, 1.165) is 12.8 Å². The molecule has 5 unspecified atom stereocenters. The molecule has 0 aromatic heterocycles. The van der Waals surface area contributed by atoms with E-state index in [-0.39, 0.29) is 41.2 Å². The third kappa shape index (κ3) is 10.3. The summed E-state index contributed by atoms with van der Waals surface area (Å²) in [5, 5.41) is 34.9. The molecule has 18 nitrogen and oxygen atoms in total. The van der Waals surface area contributed by atoms with Gasteiger partial charge in [-0.1, -0.05) is 31.6 Å². The summed E-state index contributed by atoms with van der Waals surface area (Å²) in [7, 11) is 6.29. The maximum Gasteiger partial charge on any atom is 0.333 e. The maximum atomic E-state index is 13.4. The van der Waals surface area contributed by atoms with E-state index in [1.54, 1.807) is 41.1 Å². The first-order valence-electron chi connectivity index (χ1n) is 26.6. The fraction of sp³-hybridized carbons (Fsp3) is 0.889. The Labute approximate surface area is 426 Å². The summed E-state index contributed by atoms with van der Waals surface area (Å²) < 4.78 is 81.1. The highest BCUT2D eigenvalue weighted by Gasteiger charge is 2.71. The number of methoxy groups -OCH3 is 4. The molecule has 18 heteroatoms. The highest BCUT2D eigenvalue weighted by molar-refractivity contribution is 5.88. The Morgan fingerprint density at radius 3 is 1.83 bits per heavy atom. The van der Waals surface area contributed by atoms with Crippen LogP contribution in [0, 0.1) is 28.6 Å². The van der Waals surface area contributed by atoms with E-state index in [2.05, 4.69) is 13.0 Å². The summed E-state index contributed by atoms with van der Waals surface area (Å²) in [6.07, 6.45) is -2.07. The van der Waals surface area contributed by atoms with E-state index in [0.29, 0.717) is 56.9 Å². The van der Waals surface area contributed by atoms with Crippen LogP contribution in [0.3, 0.4) is 0 Å². The molecule has 3 N–H and O–H groups in total. The summed E-state index contributed by atoms with van der Waals surface area (Å²) in [6.45, 7) is 16.8. The lowest BCUT2D eigenvalue weighted by Crippen LogP contribution is -2.66. The smallest absolute Gasteiger partial charge is 0.333 e. The average Bonchev–Trinajstić information content (AvgIpc) is 3.64. The van der Waals surface area contributed by atoms with E-state index < -0.39 is 121 Å². The predicted octanol–water partition coefficient (Wildman–Crippen LogP) is 5.23. The fourth-order valence-corrected chi connectivity index (χ4v) is 14.5. The molecule has 7 fully saturated rings. The zero-order chi connectivity index (χ0) is 52.2. The van der Waals surface area contributed by atoms with Crippen molar-refractivity contribution < 1.29 is 86.5 Å². The zero-order valence-corrected chi connectivity index (χ0v) is 44.9. The topological polar surface area (TPSA) is 215 Å². The molecule has 8 aliphatic rings. The highest BCUT2D eigenvalue weighted by Crippen LogP contribution is 2.68. The van der Waals surface area contributed by atoms with Gasteiger partial charge in [0.05, 0.1) is 54.4 Å². The zero-order valence-electron chi connectivity index (χ0n) is 44.9. The summed E-state index contributed by atoms with van der Waals surface area (Å²) in [5.74, 6) is -0.765. The number of aliphatic hydroxyl groups is 3. The second-order valence-corrected chi connectivity index (χ2v) is 22.6. The van der Waals surface area contributed by atoms with Gasteiger partial charge in [-0.3, -0.25) is 4.79 Å². The molecule has 3 saturated carbocycles. The number of aliphatic hydroxyl groups excluding tert-OH is 2. The van der Waals surface area contributed by atoms with Crippen molar-refractivity contribution in [1.29, 1.82) is 0 Å². The van der Waals surface area contributed by atoms with Gasteiger partial charge in [0, 0.05) is 64.6 Å². The minimum atomic E-state index is -1.24. The summed E-state index contributed by atoms with van der Waals surface area (Å²) in [6, 6.07) is 0. The van der Waals surface area contributed by atoms with Gasteiger partial charge in [0.2, 0.25) is 0 Å². The Morgan fingerprint density at radius 1 is 0.667 bits per heavy atom. The van der Waals surface area contributed by atoms with Crippen molar-refractivity contribution in [3.63, 3.8) is 0 Å². The van der Waals surface area contributed by atoms with Crippen molar-refractivity contribution in [3.8, 4) is 0 Å². The number of carbonyl (C=O) groups excluding carboxylic acids is 2. The number of rotatable bonds is 15. The van der Waals surface area contributed by atoms with E-state index >= 15 is 0 Å². The Morgan fingerprint density at radius 2 is 1.24 bits per heavy atom. The first kappa shape index (κ1) is 56.2. The second-order valence-electron chi connectivity index (χ2n) is 22.6. The van der Waals surface area contributed by atoms with Crippen molar-refractivity contribution in [2.75, 3.05) is 28.4 Å². The molecule has 0 spiro atoms. The molecule has 72 heavy (non-hydrogen) atoms. The number of fused-ring (bicyclic) bond motifs is 5. The molecule has 8 rings (SSSR count). The molecule has 4 saturated heterocycles. The van der Waals surface area contributed by atoms with Crippen LogP contribution in [0.25, 0.3) is 0 Å². The lowest BCUT2D eigenvalue weighted by Gasteiger charge is -2.63. The van der Waals surface area contributed by atoms with Gasteiger partial charge in [-0.05, 0) is 111 Å². The number of ketones is 1. The summed E-state index contributed by atoms with van der Waals surface area (Å²) in [4.78, 5) is 26.5. The molecule has 4 aliphatic heterocycles. The first-order valence-corrected chi connectivity index (χ1v) is 26.6. The van der Waals surface area contributed by atoms with E-state index in [9.17, 15) is 24.9 Å². The van der Waals surface area contributed by atoms with Crippen molar-refractivity contribution in [3.05, 3.63) is 23.3 Å². The van der Waals surface area contributed by atoms with Crippen molar-refractivity contribution in [2.45, 2.75) is 249 Å². The maximum absolute atomic E-state index is 13.4. The van der Waals surface area contributed by atoms with Gasteiger partial charge in [-0.25, -0.2) is 4.79 Å². The molecule has 0 aromatic carbocycles. The van der Waals surface area contributed by atoms with Gasteiger partial charge in [0.25, 0.3) is 0 Å². The Bertz CT molecular complexity index is 1950. The third-order valence-corrected chi connectivity index (χ3v) is 18.9. The Kier molecular flexibility index (Phi) is 17.6. The van der Waals surface area contributed by atoms with E-state index in [1.165, 1.54) is 19.8 Å². The van der Waals surface area contributed by atoms with Crippen LogP contribution in [0.5, 0.6) is 0 Å². The van der Waals surface area contributed by atoms with Crippen molar-refractivity contribution in [2.24, 2.45) is 28.6 Å². The van der Waals surface area contributed by atoms with Crippen LogP contribution in [-0.2, 0) is 71.2 Å². The molecule has 0 amide bonds. The minimum Gasteiger partial charge on any atom is -0.458 e. The molecule has 0 radical (unpaired) electrons. The van der Waals surface area contributed by atoms with Crippen LogP contribution in [0.4, 0.5) is 0 Å². The third-order valence-electron chi connectivity index (χ3n) is 18.9. The van der Waals surface area contributed by atoms with E-state index in [1.807, 2.05) is 34.6 Å². The number of esters is 1. The molecule has 25 atom stereocenters. The molecular formula is C54H86O18. The molecule has 0 aromatic rings. The van der Waals surface area contributed by atoms with Crippen LogP contribution >= 0.6 is 0 Å². The standard InChI is InChI=1S/C54H86O18/c1-14-26(2)50(58)69-40-22-36-35(54(59)20-18-34(27(3)55)53(40,54)9)16-15-32-21-33(17-19-52(32,36)8)68-41-24-38(61-11)46(29(5)65-41)70-43-25-39(62-12)47(30(6)66-43)72-51-45(57)49(63-13)48(31(7)67-51)71-42-23-37(60-10)44(56)28(4)64-42/h14-15,28-31,33-49,51,56-57,59H,16-25H2,1-13H3/b26-14+/t28-,29-,30-,31-,33+,34-,35?,36?,37-,38+,39+,40-,41+,42+,43+,44-,45-,46?,47?,48?,49+,51+,52+,53+,54+/m1/s1. The van der Waals surface area contributed by atoms with Gasteiger partial charge in [0.15, 0.2) is 25.2 Å². The average molecular weight is 1020 g/mol. The molecule has 4 aliphatic carbocycles. The van der Waals surface area contributed by atoms with Crippen LogP contribution in [0.15, 0.2) is 23.3 Å². The number of carbonyl (C=O) groups is 2. The van der Waals surface area contributed by atoms with Crippen LogP contribution in [0.2, 0.25) is 0 Å². The van der Waals surface area contributed by atoms with Gasteiger partial charge in [0.1, 0.15) is 48.5 Å². The van der Waals surface area contributed by atoms with Crippen LogP contribution < -0.4 is 0 Å². The fourth-order valence-electron chi connectivity index (χ4n) is 14.5. The molecule has 410 valence electrons. The number of Topliss-reactive ketones (excluding diaryl/α,β-unsaturated/α-hetero) is 1. The van der Waals surface area contributed by atoms with Gasteiger partial charge in [-0.2, -0.15) is 0 Å². The first-order chi connectivity index (χ1) is 34.1.